The standard InChI is InChI=1S/C13H18FNOS/c1-16-11-6-5-9(8-10(11)14)13(15)12-4-2-3-7-17-12/h5-6,8,12-13H,2-4,7,15H2,1H3. The Labute approximate surface area is 106 Å². The molecule has 1 aromatic rings. The molecule has 0 bridgehead atoms. The van der Waals surface area contributed by atoms with Crippen molar-refractivity contribution < 1.29 is 9.13 Å². The highest BCUT2D eigenvalue weighted by atomic mass is 32.2. The van der Waals surface area contributed by atoms with Crippen molar-refractivity contribution >= 4 is 11.8 Å². The van der Waals surface area contributed by atoms with Crippen LogP contribution in [0.3, 0.4) is 0 Å². The highest BCUT2D eigenvalue weighted by molar-refractivity contribution is 8.00. The van der Waals surface area contributed by atoms with Crippen LogP contribution < -0.4 is 10.5 Å². The summed E-state index contributed by atoms with van der Waals surface area (Å²) in [6.07, 6.45) is 3.62. The first-order valence-electron chi connectivity index (χ1n) is 5.93. The van der Waals surface area contributed by atoms with Crippen molar-refractivity contribution in [3.05, 3.63) is 29.6 Å². The van der Waals surface area contributed by atoms with Gasteiger partial charge in [-0.1, -0.05) is 12.5 Å². The first kappa shape index (κ1) is 12.7. The molecule has 17 heavy (non-hydrogen) atoms. The minimum absolute atomic E-state index is 0.0827. The molecule has 0 spiro atoms. The normalized spacial score (nSPS) is 22.2. The highest BCUT2D eigenvalue weighted by Crippen LogP contribution is 2.34. The van der Waals surface area contributed by atoms with Crippen molar-refractivity contribution in [3.63, 3.8) is 0 Å². The maximum absolute atomic E-state index is 13.6. The van der Waals surface area contributed by atoms with E-state index in [1.165, 1.54) is 26.0 Å². The monoisotopic (exact) mass is 255 g/mol. The zero-order valence-electron chi connectivity index (χ0n) is 9.99. The third-order valence-electron chi connectivity index (χ3n) is 3.18. The first-order valence-corrected chi connectivity index (χ1v) is 6.98. The van der Waals surface area contributed by atoms with Gasteiger partial charge in [0, 0.05) is 11.3 Å². The van der Waals surface area contributed by atoms with E-state index in [1.54, 1.807) is 6.07 Å². The van der Waals surface area contributed by atoms with Gasteiger partial charge in [0.25, 0.3) is 0 Å². The topological polar surface area (TPSA) is 35.2 Å². The number of ether oxygens (including phenoxy) is 1. The highest BCUT2D eigenvalue weighted by Gasteiger charge is 2.23. The van der Waals surface area contributed by atoms with E-state index in [4.69, 9.17) is 10.5 Å². The minimum Gasteiger partial charge on any atom is -0.494 e. The Balaban J connectivity index is 2.12. The second-order valence-electron chi connectivity index (χ2n) is 4.32. The minimum atomic E-state index is -0.332. The molecule has 1 saturated heterocycles. The van der Waals surface area contributed by atoms with Crippen LogP contribution in [0, 0.1) is 5.82 Å². The number of nitrogens with two attached hydrogens (primary N) is 1. The molecule has 2 atom stereocenters. The van der Waals surface area contributed by atoms with Gasteiger partial charge in [-0.2, -0.15) is 11.8 Å². The maximum atomic E-state index is 13.6. The van der Waals surface area contributed by atoms with E-state index < -0.39 is 0 Å². The van der Waals surface area contributed by atoms with Crippen LogP contribution in [-0.4, -0.2) is 18.1 Å². The fraction of sp³-hybridized carbons (Fsp3) is 0.538. The Bertz CT molecular complexity index is 380. The Morgan fingerprint density at radius 3 is 2.88 bits per heavy atom. The number of hydrogen-bond donors (Lipinski definition) is 1. The molecule has 1 heterocycles. The zero-order valence-corrected chi connectivity index (χ0v) is 10.8. The Morgan fingerprint density at radius 2 is 2.29 bits per heavy atom. The van der Waals surface area contributed by atoms with Gasteiger partial charge >= 0.3 is 0 Å². The summed E-state index contributed by atoms with van der Waals surface area (Å²) in [5.41, 5.74) is 7.07. The summed E-state index contributed by atoms with van der Waals surface area (Å²) in [4.78, 5) is 0. The lowest BCUT2D eigenvalue weighted by Gasteiger charge is -2.27. The van der Waals surface area contributed by atoms with Crippen molar-refractivity contribution in [2.45, 2.75) is 30.6 Å². The molecule has 0 aliphatic carbocycles. The largest absolute Gasteiger partial charge is 0.494 e. The van der Waals surface area contributed by atoms with Gasteiger partial charge in [0.15, 0.2) is 11.6 Å². The van der Waals surface area contributed by atoms with Crippen molar-refractivity contribution in [2.24, 2.45) is 5.73 Å². The summed E-state index contributed by atoms with van der Waals surface area (Å²) in [6, 6.07) is 4.93. The molecule has 0 amide bonds. The van der Waals surface area contributed by atoms with Crippen LogP contribution in [0.1, 0.15) is 30.9 Å². The van der Waals surface area contributed by atoms with Gasteiger partial charge in [-0.3, -0.25) is 0 Å². The van der Waals surface area contributed by atoms with Crippen molar-refractivity contribution in [2.75, 3.05) is 12.9 Å². The molecule has 2 rings (SSSR count). The Morgan fingerprint density at radius 1 is 1.47 bits per heavy atom. The fourth-order valence-corrected chi connectivity index (χ4v) is 3.52. The van der Waals surface area contributed by atoms with Gasteiger partial charge < -0.3 is 10.5 Å². The third-order valence-corrected chi connectivity index (χ3v) is 4.66. The maximum Gasteiger partial charge on any atom is 0.165 e. The second kappa shape index (κ2) is 5.74. The molecular formula is C13H18FNOS. The molecule has 94 valence electrons. The number of methoxy groups -OCH3 is 1. The van der Waals surface area contributed by atoms with Gasteiger partial charge in [-0.25, -0.2) is 4.39 Å². The predicted molar refractivity (Wildman–Crippen MR) is 70.0 cm³/mol. The molecule has 4 heteroatoms. The second-order valence-corrected chi connectivity index (χ2v) is 5.67. The van der Waals surface area contributed by atoms with Crippen LogP contribution in [0.25, 0.3) is 0 Å². The Kier molecular flexibility index (Phi) is 4.29. The lowest BCUT2D eigenvalue weighted by atomic mass is 10.00. The molecule has 2 N–H and O–H groups in total. The van der Waals surface area contributed by atoms with E-state index in [2.05, 4.69) is 0 Å². The number of thioether (sulfide) groups is 1. The number of benzene rings is 1. The van der Waals surface area contributed by atoms with E-state index in [0.717, 1.165) is 17.7 Å². The zero-order chi connectivity index (χ0) is 12.3. The van der Waals surface area contributed by atoms with Crippen molar-refractivity contribution in [3.8, 4) is 5.75 Å². The van der Waals surface area contributed by atoms with Crippen LogP contribution in [-0.2, 0) is 0 Å². The summed E-state index contributed by atoms with van der Waals surface area (Å²) < 4.78 is 18.5. The molecular weight excluding hydrogens is 237 g/mol. The molecule has 0 saturated carbocycles. The number of halogens is 1. The van der Waals surface area contributed by atoms with Crippen LogP contribution in [0.4, 0.5) is 4.39 Å². The molecule has 1 aliphatic rings. The molecule has 1 fully saturated rings. The van der Waals surface area contributed by atoms with E-state index in [-0.39, 0.29) is 17.6 Å². The van der Waals surface area contributed by atoms with Crippen molar-refractivity contribution in [1.29, 1.82) is 0 Å². The van der Waals surface area contributed by atoms with Gasteiger partial charge in [0.2, 0.25) is 0 Å². The average Bonchev–Trinajstić information content (AvgIpc) is 2.39. The molecule has 0 aromatic heterocycles. The molecule has 2 nitrogen and oxygen atoms in total. The van der Waals surface area contributed by atoms with E-state index >= 15 is 0 Å². The van der Waals surface area contributed by atoms with Gasteiger partial charge in [-0.15, -0.1) is 0 Å². The summed E-state index contributed by atoms with van der Waals surface area (Å²) in [5.74, 6) is 1.11. The van der Waals surface area contributed by atoms with Crippen molar-refractivity contribution in [1.82, 2.24) is 0 Å². The predicted octanol–water partition coefficient (Wildman–Crippen LogP) is 3.12. The fourth-order valence-electron chi connectivity index (χ4n) is 2.15. The summed E-state index contributed by atoms with van der Waals surface area (Å²) in [5, 5.41) is 0.413. The lowest BCUT2D eigenvalue weighted by molar-refractivity contribution is 0.385. The quantitative estimate of drug-likeness (QED) is 0.901. The van der Waals surface area contributed by atoms with Gasteiger partial charge in [-0.05, 0) is 36.3 Å². The first-order chi connectivity index (χ1) is 8.22. The van der Waals surface area contributed by atoms with E-state index in [0.29, 0.717) is 5.25 Å². The van der Waals surface area contributed by atoms with Gasteiger partial charge in [0.05, 0.1) is 7.11 Å². The van der Waals surface area contributed by atoms with E-state index in [9.17, 15) is 4.39 Å². The smallest absolute Gasteiger partial charge is 0.165 e. The number of rotatable bonds is 3. The molecule has 1 aromatic carbocycles. The van der Waals surface area contributed by atoms with Gasteiger partial charge in [0.1, 0.15) is 0 Å². The molecule has 1 aliphatic heterocycles. The van der Waals surface area contributed by atoms with Crippen LogP contribution in [0.15, 0.2) is 18.2 Å². The summed E-state index contributed by atoms with van der Waals surface area (Å²) in [7, 11) is 1.47. The lowest BCUT2D eigenvalue weighted by Crippen LogP contribution is -2.26. The summed E-state index contributed by atoms with van der Waals surface area (Å²) >= 11 is 1.90. The van der Waals surface area contributed by atoms with Crippen LogP contribution in [0.5, 0.6) is 5.75 Å². The molecule has 2 unspecified atom stereocenters. The SMILES string of the molecule is COc1ccc(C(N)C2CCCCS2)cc1F. The van der Waals surface area contributed by atoms with Crippen LogP contribution >= 0.6 is 11.8 Å². The van der Waals surface area contributed by atoms with E-state index in [1.807, 2.05) is 17.8 Å². The number of hydrogen-bond acceptors (Lipinski definition) is 3. The average molecular weight is 255 g/mol. The Hall–Kier alpha value is -0.740. The molecule has 0 radical (unpaired) electrons. The third kappa shape index (κ3) is 2.93. The van der Waals surface area contributed by atoms with Crippen LogP contribution in [0.2, 0.25) is 0 Å². The summed E-state index contributed by atoms with van der Waals surface area (Å²) in [6.45, 7) is 0.